The number of nitrogens with zero attached hydrogens (tertiary/aromatic N) is 1. The van der Waals surface area contributed by atoms with Gasteiger partial charge in [0.25, 0.3) is 0 Å². The van der Waals surface area contributed by atoms with E-state index in [2.05, 4.69) is 0 Å². The number of carbonyl (C=O) groups is 4. The summed E-state index contributed by atoms with van der Waals surface area (Å²) in [5.74, 6) is -3.89. The van der Waals surface area contributed by atoms with Crippen LogP contribution in [-0.2, 0) is 23.9 Å². The summed E-state index contributed by atoms with van der Waals surface area (Å²) in [6, 6.07) is 8.77. The highest BCUT2D eigenvalue weighted by molar-refractivity contribution is 6.24. The van der Waals surface area contributed by atoms with Crippen LogP contribution in [0.15, 0.2) is 42.0 Å². The maximum Gasteiger partial charge on any atom is 0.306 e. The fourth-order valence-corrected chi connectivity index (χ4v) is 5.36. The Hall–Kier alpha value is -2.76. The van der Waals surface area contributed by atoms with Crippen molar-refractivity contribution in [1.29, 1.82) is 0 Å². The molecule has 3 fully saturated rings. The average molecular weight is 351 g/mol. The van der Waals surface area contributed by atoms with Crippen molar-refractivity contribution >= 4 is 29.3 Å². The number of hydrogen-bond donors (Lipinski definition) is 0. The molecule has 1 spiro atoms. The molecule has 1 aromatic rings. The van der Waals surface area contributed by atoms with E-state index in [1.807, 2.05) is 13.0 Å². The average Bonchev–Trinajstić information content (AvgIpc) is 3.13. The summed E-state index contributed by atoms with van der Waals surface area (Å²) < 4.78 is 5.53. The summed E-state index contributed by atoms with van der Waals surface area (Å²) in [5.41, 5.74) is 0.102. The molecule has 0 unspecified atom stereocenters. The number of imide groups is 1. The van der Waals surface area contributed by atoms with Crippen molar-refractivity contribution < 1.29 is 23.9 Å². The molecule has 26 heavy (non-hydrogen) atoms. The quantitative estimate of drug-likeness (QED) is 0.436. The van der Waals surface area contributed by atoms with Crippen LogP contribution in [-0.4, -0.2) is 29.2 Å². The highest BCUT2D eigenvalue weighted by atomic mass is 16.6. The Morgan fingerprint density at radius 1 is 1.04 bits per heavy atom. The van der Waals surface area contributed by atoms with Gasteiger partial charge < -0.3 is 4.74 Å². The van der Waals surface area contributed by atoms with Gasteiger partial charge in [-0.25, -0.2) is 0 Å². The number of para-hydroxylation sites is 1. The van der Waals surface area contributed by atoms with Crippen LogP contribution in [0.5, 0.6) is 0 Å². The Kier molecular flexibility index (Phi) is 2.92. The zero-order chi connectivity index (χ0) is 18.2. The highest BCUT2D eigenvalue weighted by Crippen LogP contribution is 2.58. The second kappa shape index (κ2) is 4.90. The molecular formula is C20H17NO5. The van der Waals surface area contributed by atoms with E-state index in [1.165, 1.54) is 4.90 Å². The van der Waals surface area contributed by atoms with Gasteiger partial charge in [0.1, 0.15) is 0 Å². The maximum atomic E-state index is 13.2. The fraction of sp³-hybridized carbons (Fsp3) is 0.400. The van der Waals surface area contributed by atoms with E-state index in [0.29, 0.717) is 5.69 Å². The van der Waals surface area contributed by atoms with Gasteiger partial charge in [-0.3, -0.25) is 24.1 Å². The van der Waals surface area contributed by atoms with Crippen LogP contribution in [0, 0.1) is 23.7 Å². The third kappa shape index (κ3) is 1.67. The Labute approximate surface area is 149 Å². The molecular weight excluding hydrogens is 334 g/mol. The first-order valence-electron chi connectivity index (χ1n) is 8.83. The van der Waals surface area contributed by atoms with Gasteiger partial charge in [-0.15, -0.1) is 0 Å². The topological polar surface area (TPSA) is 80.8 Å². The first-order valence-corrected chi connectivity index (χ1v) is 8.83. The Morgan fingerprint density at radius 2 is 1.73 bits per heavy atom. The molecule has 6 heteroatoms. The molecule has 5 aliphatic rings. The number of ketones is 1. The number of ether oxygens (including phenoxy) is 1. The van der Waals surface area contributed by atoms with Gasteiger partial charge in [0.2, 0.25) is 11.8 Å². The normalized spacial score (nSPS) is 38.0. The molecule has 132 valence electrons. The molecule has 0 radical (unpaired) electrons. The van der Waals surface area contributed by atoms with E-state index in [4.69, 9.17) is 4.74 Å². The largest absolute Gasteiger partial charge is 0.450 e. The van der Waals surface area contributed by atoms with E-state index >= 15 is 0 Å². The molecule has 1 aromatic carbocycles. The lowest BCUT2D eigenvalue weighted by atomic mass is 9.53. The molecule has 0 N–H and O–H groups in total. The molecule has 3 aliphatic carbocycles. The third-order valence-corrected chi connectivity index (χ3v) is 6.31. The number of esters is 1. The number of allylic oxidation sites excluding steroid dienone is 1. The number of rotatable bonds is 1. The number of hydrogen-bond acceptors (Lipinski definition) is 5. The van der Waals surface area contributed by atoms with Gasteiger partial charge >= 0.3 is 5.97 Å². The lowest BCUT2D eigenvalue weighted by molar-refractivity contribution is -0.176. The third-order valence-electron chi connectivity index (χ3n) is 6.31. The minimum Gasteiger partial charge on any atom is -0.450 e. The number of carbonyl (C=O) groups excluding carboxylic acids is 4. The second-order valence-electron chi connectivity index (χ2n) is 7.54. The van der Waals surface area contributed by atoms with Gasteiger partial charge in [-0.05, 0) is 19.1 Å². The smallest absolute Gasteiger partial charge is 0.306 e. The Morgan fingerprint density at radius 3 is 2.38 bits per heavy atom. The highest BCUT2D eigenvalue weighted by Gasteiger charge is 2.71. The Balaban J connectivity index is 1.65. The zero-order valence-electron chi connectivity index (χ0n) is 14.2. The molecule has 6 nitrogen and oxygen atoms in total. The summed E-state index contributed by atoms with van der Waals surface area (Å²) in [6.45, 7) is 1.86. The summed E-state index contributed by atoms with van der Waals surface area (Å²) in [7, 11) is 0. The van der Waals surface area contributed by atoms with Crippen molar-refractivity contribution in [2.45, 2.75) is 25.4 Å². The molecule has 6 rings (SSSR count). The summed E-state index contributed by atoms with van der Waals surface area (Å²) >= 11 is 0. The van der Waals surface area contributed by atoms with Crippen LogP contribution < -0.4 is 4.90 Å². The molecule has 2 heterocycles. The van der Waals surface area contributed by atoms with Crippen molar-refractivity contribution in [3.05, 3.63) is 42.0 Å². The zero-order valence-corrected chi connectivity index (χ0v) is 14.2. The van der Waals surface area contributed by atoms with Gasteiger partial charge in [-0.1, -0.05) is 29.8 Å². The van der Waals surface area contributed by atoms with Gasteiger partial charge in [0, 0.05) is 18.8 Å². The minimum atomic E-state index is -1.27. The van der Waals surface area contributed by atoms with E-state index in [-0.39, 0.29) is 30.4 Å². The summed E-state index contributed by atoms with van der Waals surface area (Å²) in [4.78, 5) is 52.5. The second-order valence-corrected chi connectivity index (χ2v) is 7.54. The molecule has 2 aliphatic heterocycles. The predicted octanol–water partition coefficient (Wildman–Crippen LogP) is 1.64. The van der Waals surface area contributed by atoms with E-state index in [9.17, 15) is 19.2 Å². The summed E-state index contributed by atoms with van der Waals surface area (Å²) in [5, 5.41) is 0. The molecule has 2 bridgehead atoms. The van der Waals surface area contributed by atoms with Gasteiger partial charge in [-0.2, -0.15) is 0 Å². The number of Topliss-reactive ketones (excluding diaryl/α,β-unsaturated/α-hetero) is 1. The van der Waals surface area contributed by atoms with E-state index in [0.717, 1.165) is 5.57 Å². The summed E-state index contributed by atoms with van der Waals surface area (Å²) in [6.07, 6.45) is 2.25. The van der Waals surface area contributed by atoms with Crippen molar-refractivity contribution in [2.75, 3.05) is 4.90 Å². The van der Waals surface area contributed by atoms with Crippen molar-refractivity contribution in [2.24, 2.45) is 23.7 Å². The van der Waals surface area contributed by atoms with E-state index in [1.54, 1.807) is 30.3 Å². The number of anilines is 1. The first-order chi connectivity index (χ1) is 12.5. The van der Waals surface area contributed by atoms with Crippen LogP contribution in [0.2, 0.25) is 0 Å². The minimum absolute atomic E-state index is 0.171. The van der Waals surface area contributed by atoms with Crippen LogP contribution in [0.3, 0.4) is 0 Å². The van der Waals surface area contributed by atoms with Crippen molar-refractivity contribution in [3.63, 3.8) is 0 Å². The van der Waals surface area contributed by atoms with Crippen LogP contribution in [0.1, 0.15) is 19.8 Å². The van der Waals surface area contributed by atoms with Crippen molar-refractivity contribution in [3.8, 4) is 0 Å². The Bertz CT molecular complexity index is 904. The van der Waals surface area contributed by atoms with Crippen LogP contribution in [0.4, 0.5) is 5.69 Å². The van der Waals surface area contributed by atoms with Gasteiger partial charge in [0.05, 0.1) is 23.4 Å². The standard InChI is InChI=1S/C20H17NO5/c1-10-9-12-14-15(16(10)20(17(12)23)8-7-13(22)26-20)19(25)21(18(14)24)11-5-3-2-4-6-11/h2-6,9,12,14-16H,7-8H2,1H3/t12-,14+,15+,16+,20-/m1/s1. The first kappa shape index (κ1) is 15.5. The fourth-order valence-electron chi connectivity index (χ4n) is 5.36. The van der Waals surface area contributed by atoms with Gasteiger partial charge in [0.15, 0.2) is 11.4 Å². The molecule has 1 saturated carbocycles. The van der Waals surface area contributed by atoms with Crippen LogP contribution >= 0.6 is 0 Å². The maximum absolute atomic E-state index is 13.2. The van der Waals surface area contributed by atoms with Crippen molar-refractivity contribution in [1.82, 2.24) is 0 Å². The predicted molar refractivity (Wildman–Crippen MR) is 89.7 cm³/mol. The monoisotopic (exact) mass is 351 g/mol. The van der Waals surface area contributed by atoms with Crippen LogP contribution in [0.25, 0.3) is 0 Å². The SMILES string of the molecule is CC1=C[C@H]2C(=O)[C@@]3(CCC(=O)O3)[C@@H]1[C@H]1C(=O)N(c3ccccc3)C(=O)[C@H]12. The molecule has 2 amide bonds. The molecule has 5 atom stereocenters. The number of amides is 2. The molecule has 0 aromatic heterocycles. The van der Waals surface area contributed by atoms with E-state index < -0.39 is 35.2 Å². The molecule has 2 saturated heterocycles. The number of benzene rings is 1. The lowest BCUT2D eigenvalue weighted by Crippen LogP contribution is -2.62. The lowest BCUT2D eigenvalue weighted by Gasteiger charge is -2.50.